The Morgan fingerprint density at radius 2 is 1.94 bits per heavy atom. The van der Waals surface area contributed by atoms with Gasteiger partial charge < -0.3 is 9.64 Å². The zero-order valence-electron chi connectivity index (χ0n) is 9.13. The Hall–Kier alpha value is -1.35. The van der Waals surface area contributed by atoms with Crippen LogP contribution in [0.25, 0.3) is 0 Å². The molecule has 3 heteroatoms. The predicted octanol–water partition coefficient (Wildman–Crippen LogP) is 1.87. The number of carbonyl (C=O) groups excluding carboxylic acids is 1. The first-order valence-corrected chi connectivity index (χ1v) is 5.80. The second-order valence-electron chi connectivity index (χ2n) is 4.51. The van der Waals surface area contributed by atoms with Crippen molar-refractivity contribution in [1.82, 2.24) is 0 Å². The molecular weight excluding hydrogens is 202 g/mol. The van der Waals surface area contributed by atoms with Gasteiger partial charge in [0.15, 0.2) is 6.29 Å². The van der Waals surface area contributed by atoms with Crippen LogP contribution >= 0.6 is 0 Å². The number of nitrogens with zero attached hydrogens (tertiary/aromatic N) is 1. The highest BCUT2D eigenvalue weighted by Crippen LogP contribution is 2.36. The number of para-hydroxylation sites is 1. The minimum absolute atomic E-state index is 0.466. The van der Waals surface area contributed by atoms with Crippen LogP contribution in [0.2, 0.25) is 0 Å². The molecule has 1 saturated carbocycles. The third kappa shape index (κ3) is 1.61. The number of anilines is 1. The van der Waals surface area contributed by atoms with Crippen LogP contribution in [0.15, 0.2) is 24.3 Å². The number of ether oxygens (including phenoxy) is 1. The summed E-state index contributed by atoms with van der Waals surface area (Å²) in [6.07, 6.45) is 3.43. The lowest BCUT2D eigenvalue weighted by Gasteiger charge is -2.39. The summed E-state index contributed by atoms with van der Waals surface area (Å²) in [5.74, 6) is 0. The zero-order chi connectivity index (χ0) is 11.0. The quantitative estimate of drug-likeness (QED) is 0.721. The van der Waals surface area contributed by atoms with E-state index in [-0.39, 0.29) is 0 Å². The highest BCUT2D eigenvalue weighted by Gasteiger charge is 2.38. The van der Waals surface area contributed by atoms with E-state index in [2.05, 4.69) is 4.90 Å². The van der Waals surface area contributed by atoms with Crippen LogP contribution in [-0.4, -0.2) is 31.6 Å². The van der Waals surface area contributed by atoms with Crippen molar-refractivity contribution in [3.8, 4) is 0 Å². The lowest BCUT2D eigenvalue weighted by Crippen LogP contribution is -2.50. The van der Waals surface area contributed by atoms with E-state index >= 15 is 0 Å². The standard InChI is InChI=1S/C13H15NO2/c15-7-10-3-1-2-4-13(10)14(11-5-6-11)12-8-16-9-12/h1-4,7,11-12H,5-6,8-9H2. The molecule has 0 unspecified atom stereocenters. The summed E-state index contributed by atoms with van der Waals surface area (Å²) in [7, 11) is 0. The van der Waals surface area contributed by atoms with Gasteiger partial charge in [-0.15, -0.1) is 0 Å². The van der Waals surface area contributed by atoms with Crippen molar-refractivity contribution < 1.29 is 9.53 Å². The Kier molecular flexibility index (Phi) is 2.40. The molecule has 84 valence electrons. The Morgan fingerprint density at radius 1 is 1.19 bits per heavy atom. The van der Waals surface area contributed by atoms with Crippen LogP contribution in [0.3, 0.4) is 0 Å². The van der Waals surface area contributed by atoms with Crippen molar-refractivity contribution in [2.24, 2.45) is 0 Å². The number of hydrogen-bond acceptors (Lipinski definition) is 3. The highest BCUT2D eigenvalue weighted by molar-refractivity contribution is 5.85. The second kappa shape index (κ2) is 3.91. The van der Waals surface area contributed by atoms with Crippen LogP contribution in [0, 0.1) is 0 Å². The van der Waals surface area contributed by atoms with E-state index in [1.807, 2.05) is 24.3 Å². The highest BCUT2D eigenvalue weighted by atomic mass is 16.5. The molecule has 0 amide bonds. The second-order valence-corrected chi connectivity index (χ2v) is 4.51. The monoisotopic (exact) mass is 217 g/mol. The molecule has 0 aromatic heterocycles. The predicted molar refractivity (Wildman–Crippen MR) is 61.9 cm³/mol. The summed E-state index contributed by atoms with van der Waals surface area (Å²) in [5.41, 5.74) is 1.87. The molecular formula is C13H15NO2. The van der Waals surface area contributed by atoms with Crippen LogP contribution in [-0.2, 0) is 4.74 Å². The molecule has 16 heavy (non-hydrogen) atoms. The molecule has 0 N–H and O–H groups in total. The topological polar surface area (TPSA) is 29.5 Å². The smallest absolute Gasteiger partial charge is 0.152 e. The molecule has 1 aromatic carbocycles. The first-order chi connectivity index (χ1) is 7.90. The molecule has 3 rings (SSSR count). The lowest BCUT2D eigenvalue weighted by molar-refractivity contribution is 0.00737. The number of benzene rings is 1. The first-order valence-electron chi connectivity index (χ1n) is 5.80. The van der Waals surface area contributed by atoms with Crippen LogP contribution in [0.5, 0.6) is 0 Å². The van der Waals surface area contributed by atoms with Crippen LogP contribution in [0.1, 0.15) is 23.2 Å². The van der Waals surface area contributed by atoms with Gasteiger partial charge in [0.1, 0.15) is 0 Å². The summed E-state index contributed by atoms with van der Waals surface area (Å²) in [4.78, 5) is 13.4. The fraction of sp³-hybridized carbons (Fsp3) is 0.462. The number of carbonyl (C=O) groups is 1. The van der Waals surface area contributed by atoms with Gasteiger partial charge in [-0.1, -0.05) is 12.1 Å². The molecule has 0 spiro atoms. The molecule has 0 radical (unpaired) electrons. The molecule has 0 bridgehead atoms. The van der Waals surface area contributed by atoms with E-state index in [0.29, 0.717) is 12.1 Å². The number of aldehydes is 1. The fourth-order valence-corrected chi connectivity index (χ4v) is 2.25. The minimum Gasteiger partial charge on any atom is -0.377 e. The number of hydrogen-bond donors (Lipinski definition) is 0. The molecule has 0 atom stereocenters. The Balaban J connectivity index is 1.94. The van der Waals surface area contributed by atoms with Gasteiger partial charge in [-0.25, -0.2) is 0 Å². The third-order valence-electron chi connectivity index (χ3n) is 3.30. The van der Waals surface area contributed by atoms with E-state index in [4.69, 9.17) is 4.74 Å². The van der Waals surface area contributed by atoms with E-state index in [0.717, 1.165) is 30.8 Å². The molecule has 1 aliphatic carbocycles. The van der Waals surface area contributed by atoms with E-state index in [1.54, 1.807) is 0 Å². The van der Waals surface area contributed by atoms with Gasteiger partial charge in [0, 0.05) is 17.3 Å². The van der Waals surface area contributed by atoms with E-state index in [1.165, 1.54) is 12.8 Å². The average Bonchev–Trinajstić information content (AvgIpc) is 3.07. The van der Waals surface area contributed by atoms with Crippen molar-refractivity contribution in [3.63, 3.8) is 0 Å². The summed E-state index contributed by atoms with van der Waals surface area (Å²) in [6.45, 7) is 1.59. The molecule has 1 aromatic rings. The molecule has 1 saturated heterocycles. The SMILES string of the molecule is O=Cc1ccccc1N(C1CC1)C1COC1. The Labute approximate surface area is 95.0 Å². The maximum absolute atomic E-state index is 11.0. The van der Waals surface area contributed by atoms with E-state index < -0.39 is 0 Å². The van der Waals surface area contributed by atoms with Gasteiger partial charge >= 0.3 is 0 Å². The summed E-state index contributed by atoms with van der Waals surface area (Å²) < 4.78 is 5.26. The van der Waals surface area contributed by atoms with Gasteiger partial charge in [0.05, 0.1) is 19.3 Å². The molecule has 1 heterocycles. The van der Waals surface area contributed by atoms with Gasteiger partial charge in [0.25, 0.3) is 0 Å². The first kappa shape index (κ1) is 9.85. The maximum atomic E-state index is 11.0. The molecule has 3 nitrogen and oxygen atoms in total. The van der Waals surface area contributed by atoms with Crippen molar-refractivity contribution in [2.45, 2.75) is 24.9 Å². The van der Waals surface area contributed by atoms with Crippen molar-refractivity contribution in [1.29, 1.82) is 0 Å². The van der Waals surface area contributed by atoms with Crippen LogP contribution in [0.4, 0.5) is 5.69 Å². The zero-order valence-corrected chi connectivity index (χ0v) is 9.13. The normalized spacial score (nSPS) is 20.2. The largest absolute Gasteiger partial charge is 0.377 e. The average molecular weight is 217 g/mol. The van der Waals surface area contributed by atoms with Gasteiger partial charge in [-0.3, -0.25) is 4.79 Å². The minimum atomic E-state index is 0.466. The lowest BCUT2D eigenvalue weighted by atomic mass is 10.1. The molecule has 2 fully saturated rings. The van der Waals surface area contributed by atoms with Gasteiger partial charge in [-0.2, -0.15) is 0 Å². The van der Waals surface area contributed by atoms with Crippen molar-refractivity contribution >= 4 is 12.0 Å². The summed E-state index contributed by atoms with van der Waals surface area (Å²) in [5, 5.41) is 0. The fourth-order valence-electron chi connectivity index (χ4n) is 2.25. The summed E-state index contributed by atoms with van der Waals surface area (Å²) >= 11 is 0. The molecule has 2 aliphatic rings. The maximum Gasteiger partial charge on any atom is 0.152 e. The summed E-state index contributed by atoms with van der Waals surface area (Å²) in [6, 6.07) is 8.92. The van der Waals surface area contributed by atoms with Crippen molar-refractivity contribution in [2.75, 3.05) is 18.1 Å². The van der Waals surface area contributed by atoms with Crippen LogP contribution < -0.4 is 4.90 Å². The third-order valence-corrected chi connectivity index (χ3v) is 3.30. The van der Waals surface area contributed by atoms with Gasteiger partial charge in [0.2, 0.25) is 0 Å². The van der Waals surface area contributed by atoms with Gasteiger partial charge in [-0.05, 0) is 25.0 Å². The Morgan fingerprint density at radius 3 is 2.50 bits per heavy atom. The number of rotatable bonds is 4. The Bertz CT molecular complexity index is 397. The van der Waals surface area contributed by atoms with E-state index in [9.17, 15) is 4.79 Å². The molecule has 1 aliphatic heterocycles. The van der Waals surface area contributed by atoms with Crippen molar-refractivity contribution in [3.05, 3.63) is 29.8 Å².